The molecule has 0 heterocycles. The molecule has 0 radical (unpaired) electrons. The van der Waals surface area contributed by atoms with Crippen LogP contribution < -0.4 is 11.5 Å². The minimum Gasteiger partial charge on any atom is -0.364 e. The molecule has 0 atom stereocenters. The molecule has 54 valence electrons. The highest BCUT2D eigenvalue weighted by Gasteiger charge is 2.15. The summed E-state index contributed by atoms with van der Waals surface area (Å²) in [5, 5.41) is 13.4. The van der Waals surface area contributed by atoms with E-state index in [9.17, 15) is 9.59 Å². The van der Waals surface area contributed by atoms with Crippen molar-refractivity contribution in [1.29, 1.82) is 10.8 Å². The molecule has 0 fully saturated rings. The highest BCUT2D eigenvalue weighted by atomic mass is 16.2. The van der Waals surface area contributed by atoms with Gasteiger partial charge in [-0.3, -0.25) is 20.4 Å². The molecule has 0 saturated carbocycles. The van der Waals surface area contributed by atoms with Crippen molar-refractivity contribution in [3.63, 3.8) is 0 Å². The Morgan fingerprint density at radius 3 is 1.20 bits per heavy atom. The fourth-order valence-electron chi connectivity index (χ4n) is 0.246. The summed E-state index contributed by atoms with van der Waals surface area (Å²) in [6.07, 6.45) is 0. The maximum atomic E-state index is 10.1. The van der Waals surface area contributed by atoms with Crippen molar-refractivity contribution in [1.82, 2.24) is 0 Å². The molecule has 0 unspecified atom stereocenters. The molecule has 0 saturated heterocycles. The molecule has 0 aromatic carbocycles. The molecular formula is C4H6N4O2. The van der Waals surface area contributed by atoms with Gasteiger partial charge in [0.05, 0.1) is 0 Å². The Kier molecular flexibility index (Phi) is 2.25. The van der Waals surface area contributed by atoms with Crippen LogP contribution in [-0.2, 0) is 9.59 Å². The van der Waals surface area contributed by atoms with Gasteiger partial charge in [-0.25, -0.2) is 0 Å². The molecule has 10 heavy (non-hydrogen) atoms. The van der Waals surface area contributed by atoms with E-state index in [1.807, 2.05) is 0 Å². The molecule has 6 heteroatoms. The third kappa shape index (κ3) is 1.66. The summed E-state index contributed by atoms with van der Waals surface area (Å²) in [4.78, 5) is 20.2. The predicted molar refractivity (Wildman–Crippen MR) is 33.8 cm³/mol. The minimum absolute atomic E-state index is 0.868. The number of hydrogen-bond donors (Lipinski definition) is 4. The average Bonchev–Trinajstić information content (AvgIpc) is 1.84. The van der Waals surface area contributed by atoms with Crippen molar-refractivity contribution >= 4 is 23.2 Å². The molecule has 0 spiro atoms. The van der Waals surface area contributed by atoms with Crippen LogP contribution in [-0.4, -0.2) is 23.2 Å². The minimum atomic E-state index is -1.14. The standard InChI is InChI=1S/C4H6N4O2/c5-1(3(7)9)2(6)4(8)10/h5-6H,(H2,7,9)(H2,8,10). The van der Waals surface area contributed by atoms with Gasteiger partial charge in [0.2, 0.25) is 0 Å². The molecule has 0 bridgehead atoms. The summed E-state index contributed by atoms with van der Waals surface area (Å²) in [7, 11) is 0. The van der Waals surface area contributed by atoms with Gasteiger partial charge >= 0.3 is 0 Å². The van der Waals surface area contributed by atoms with Crippen molar-refractivity contribution in [2.45, 2.75) is 0 Å². The Balaban J connectivity index is 4.39. The Bertz CT molecular complexity index is 195. The van der Waals surface area contributed by atoms with E-state index in [1.165, 1.54) is 0 Å². The number of primary amides is 2. The van der Waals surface area contributed by atoms with Gasteiger partial charge < -0.3 is 11.5 Å². The smallest absolute Gasteiger partial charge is 0.269 e. The number of rotatable bonds is 3. The second kappa shape index (κ2) is 2.72. The lowest BCUT2D eigenvalue weighted by molar-refractivity contribution is -0.113. The van der Waals surface area contributed by atoms with E-state index in [4.69, 9.17) is 10.8 Å². The van der Waals surface area contributed by atoms with Crippen molar-refractivity contribution < 1.29 is 9.59 Å². The van der Waals surface area contributed by atoms with E-state index in [1.54, 1.807) is 0 Å². The van der Waals surface area contributed by atoms with Crippen LogP contribution in [0.3, 0.4) is 0 Å². The number of carbonyl (C=O) groups is 2. The summed E-state index contributed by atoms with van der Waals surface area (Å²) in [6.45, 7) is 0. The monoisotopic (exact) mass is 142 g/mol. The molecule has 0 aliphatic rings. The zero-order valence-electron chi connectivity index (χ0n) is 4.97. The maximum Gasteiger partial charge on any atom is 0.269 e. The van der Waals surface area contributed by atoms with E-state index in [2.05, 4.69) is 11.5 Å². The van der Waals surface area contributed by atoms with Crippen LogP contribution in [0.1, 0.15) is 0 Å². The lowest BCUT2D eigenvalue weighted by atomic mass is 10.2. The second-order valence-corrected chi connectivity index (χ2v) is 1.48. The molecular weight excluding hydrogens is 136 g/mol. The maximum absolute atomic E-state index is 10.1. The first-order chi connectivity index (χ1) is 4.46. The molecule has 6 N–H and O–H groups in total. The van der Waals surface area contributed by atoms with Gasteiger partial charge in [-0.1, -0.05) is 0 Å². The molecule has 0 aliphatic heterocycles. The van der Waals surface area contributed by atoms with Gasteiger partial charge in [0.1, 0.15) is 11.4 Å². The van der Waals surface area contributed by atoms with Gasteiger partial charge in [-0.15, -0.1) is 0 Å². The number of nitrogens with two attached hydrogens (primary N) is 2. The Morgan fingerprint density at radius 1 is 0.900 bits per heavy atom. The summed E-state index contributed by atoms with van der Waals surface area (Å²) < 4.78 is 0. The first kappa shape index (κ1) is 8.28. The van der Waals surface area contributed by atoms with Crippen LogP contribution >= 0.6 is 0 Å². The van der Waals surface area contributed by atoms with Gasteiger partial charge in [-0.05, 0) is 0 Å². The molecule has 2 amide bonds. The fraction of sp³-hybridized carbons (Fsp3) is 0. The number of nitrogens with one attached hydrogen (secondary N) is 2. The van der Waals surface area contributed by atoms with Gasteiger partial charge in [0.25, 0.3) is 11.8 Å². The second-order valence-electron chi connectivity index (χ2n) is 1.48. The highest BCUT2D eigenvalue weighted by molar-refractivity contribution is 6.78. The zero-order chi connectivity index (χ0) is 8.31. The molecule has 0 aromatic heterocycles. The van der Waals surface area contributed by atoms with Crippen molar-refractivity contribution in [3.8, 4) is 0 Å². The summed E-state index contributed by atoms with van der Waals surface area (Å²) >= 11 is 0. The van der Waals surface area contributed by atoms with Crippen molar-refractivity contribution in [3.05, 3.63) is 0 Å². The largest absolute Gasteiger partial charge is 0.364 e. The van der Waals surface area contributed by atoms with Crippen molar-refractivity contribution in [2.24, 2.45) is 11.5 Å². The molecule has 6 nitrogen and oxygen atoms in total. The van der Waals surface area contributed by atoms with Crippen LogP contribution in [0.5, 0.6) is 0 Å². The summed E-state index contributed by atoms with van der Waals surface area (Å²) in [5.74, 6) is -2.27. The van der Waals surface area contributed by atoms with E-state index in [0.29, 0.717) is 0 Å². The average molecular weight is 142 g/mol. The topological polar surface area (TPSA) is 134 Å². The number of carbonyl (C=O) groups excluding carboxylic acids is 2. The normalized spacial score (nSPS) is 8.40. The summed E-state index contributed by atoms with van der Waals surface area (Å²) in [6, 6.07) is 0. The van der Waals surface area contributed by atoms with E-state index in [-0.39, 0.29) is 0 Å². The van der Waals surface area contributed by atoms with Gasteiger partial charge in [-0.2, -0.15) is 0 Å². The number of amides is 2. The lowest BCUT2D eigenvalue weighted by Crippen LogP contribution is -2.37. The fourth-order valence-corrected chi connectivity index (χ4v) is 0.246. The van der Waals surface area contributed by atoms with E-state index in [0.717, 1.165) is 0 Å². The Labute approximate surface area is 56.2 Å². The SMILES string of the molecule is N=C(C(=N)C(N)=O)C(N)=O. The first-order valence-electron chi connectivity index (χ1n) is 2.24. The molecule has 0 aliphatic carbocycles. The molecule has 0 rings (SSSR count). The summed E-state index contributed by atoms with van der Waals surface area (Å²) in [5.41, 5.74) is 7.39. The van der Waals surface area contributed by atoms with Crippen LogP contribution in [0.25, 0.3) is 0 Å². The van der Waals surface area contributed by atoms with Gasteiger partial charge in [0.15, 0.2) is 0 Å². The van der Waals surface area contributed by atoms with E-state index >= 15 is 0 Å². The van der Waals surface area contributed by atoms with Crippen LogP contribution in [0.2, 0.25) is 0 Å². The Morgan fingerprint density at radius 2 is 1.10 bits per heavy atom. The quantitative estimate of drug-likeness (QED) is 0.339. The predicted octanol–water partition coefficient (Wildman–Crippen LogP) is -2.00. The van der Waals surface area contributed by atoms with Crippen LogP contribution in [0.15, 0.2) is 0 Å². The lowest BCUT2D eigenvalue weighted by Gasteiger charge is -1.94. The van der Waals surface area contributed by atoms with E-state index < -0.39 is 23.2 Å². The number of hydrogen-bond acceptors (Lipinski definition) is 4. The third-order valence-electron chi connectivity index (χ3n) is 0.743. The van der Waals surface area contributed by atoms with Crippen LogP contribution in [0, 0.1) is 10.8 Å². The van der Waals surface area contributed by atoms with Crippen molar-refractivity contribution in [2.75, 3.05) is 0 Å². The first-order valence-corrected chi connectivity index (χ1v) is 2.24. The zero-order valence-corrected chi connectivity index (χ0v) is 4.97. The van der Waals surface area contributed by atoms with Crippen LogP contribution in [0.4, 0.5) is 0 Å². The van der Waals surface area contributed by atoms with Gasteiger partial charge in [0, 0.05) is 0 Å². The third-order valence-corrected chi connectivity index (χ3v) is 0.743. The Hall–Kier alpha value is -1.72. The molecule has 0 aromatic rings. The highest BCUT2D eigenvalue weighted by Crippen LogP contribution is 1.75.